The first-order valence-electron chi connectivity index (χ1n) is 19.5. The molecule has 276 valence electrons. The third-order valence-electron chi connectivity index (χ3n) is 9.90. The van der Waals surface area contributed by atoms with Gasteiger partial charge in [0.1, 0.15) is 29.5 Å². The Morgan fingerprint density at radius 3 is 1.75 bits per heavy atom. The number of hydrogen-bond donors (Lipinski definition) is 0. The van der Waals surface area contributed by atoms with Gasteiger partial charge in [0.15, 0.2) is 6.20 Å². The number of benzene rings is 4. The summed E-state index contributed by atoms with van der Waals surface area (Å²) in [4.78, 5) is 0. The van der Waals surface area contributed by atoms with Gasteiger partial charge in [-0.15, -0.1) is 0 Å². The van der Waals surface area contributed by atoms with Crippen molar-refractivity contribution in [1.82, 2.24) is 4.57 Å². The van der Waals surface area contributed by atoms with Crippen LogP contribution in [-0.4, -0.2) is 17.8 Å². The quantitative estimate of drug-likeness (QED) is 0.0715. The Kier molecular flexibility index (Phi) is 13.3. The molecule has 0 aliphatic heterocycles. The third-order valence-corrected chi connectivity index (χ3v) is 9.90. The Bertz CT molecular complexity index is 1850. The van der Waals surface area contributed by atoms with Gasteiger partial charge in [0, 0.05) is 22.3 Å². The number of rotatable bonds is 17. The van der Waals surface area contributed by atoms with Crippen LogP contribution >= 0.6 is 0 Å². The SMILES string of the molecule is CCc1cc(OCc2ccccc2)cc(C)c1OCCCCOc1c[n+](-c2c(C(C)C)cccc2C(C)C)cn1-c1c(C(C)C)cccc1C(C)C. The van der Waals surface area contributed by atoms with Gasteiger partial charge in [-0.1, -0.05) is 129 Å². The van der Waals surface area contributed by atoms with Crippen molar-refractivity contribution in [2.24, 2.45) is 0 Å². The Hall–Kier alpha value is -4.51. The third kappa shape index (κ3) is 9.10. The van der Waals surface area contributed by atoms with Crippen LogP contribution in [0.2, 0.25) is 0 Å². The molecule has 0 amide bonds. The standard InChI is InChI=1S/C47H61N2O3/c1-11-38-28-39(52-30-37-19-13-12-14-20-37)27-36(10)47(38)51-26-16-15-25-50-44-29-48(45-40(32(2)3)21-17-22-41(45)33(4)5)31-49(44)46-42(34(6)7)23-18-24-43(46)35(8)9/h12-14,17-24,27-29,31-35H,11,15-16,25-26,30H2,1-10H3/q+1. The summed E-state index contributed by atoms with van der Waals surface area (Å²) >= 11 is 0. The molecule has 5 aromatic rings. The highest BCUT2D eigenvalue weighted by molar-refractivity contribution is 5.53. The van der Waals surface area contributed by atoms with Gasteiger partial charge in [0.05, 0.1) is 13.2 Å². The first-order valence-corrected chi connectivity index (χ1v) is 19.5. The minimum Gasteiger partial charge on any atom is -0.493 e. The van der Waals surface area contributed by atoms with Crippen molar-refractivity contribution in [3.8, 4) is 28.8 Å². The molecule has 4 aromatic carbocycles. The first kappa shape index (κ1) is 38.7. The number of ether oxygens (including phenoxy) is 3. The predicted octanol–water partition coefficient (Wildman–Crippen LogP) is 11.9. The Morgan fingerprint density at radius 2 is 1.19 bits per heavy atom. The van der Waals surface area contributed by atoms with Gasteiger partial charge in [0.25, 0.3) is 6.33 Å². The average Bonchev–Trinajstić information content (AvgIpc) is 3.55. The topological polar surface area (TPSA) is 36.5 Å². The van der Waals surface area contributed by atoms with E-state index in [0.717, 1.165) is 47.8 Å². The highest BCUT2D eigenvalue weighted by atomic mass is 16.5. The molecule has 0 spiro atoms. The van der Waals surface area contributed by atoms with Crippen LogP contribution < -0.4 is 18.8 Å². The summed E-state index contributed by atoms with van der Waals surface area (Å²) in [5.41, 5.74) is 11.3. The van der Waals surface area contributed by atoms with Crippen molar-refractivity contribution in [3.05, 3.63) is 130 Å². The van der Waals surface area contributed by atoms with Gasteiger partial charge in [0.2, 0.25) is 0 Å². The summed E-state index contributed by atoms with van der Waals surface area (Å²) in [6, 6.07) is 28.0. The van der Waals surface area contributed by atoms with E-state index in [2.05, 4.69) is 152 Å². The molecule has 0 aliphatic carbocycles. The van der Waals surface area contributed by atoms with Gasteiger partial charge in [-0.25, -0.2) is 0 Å². The van der Waals surface area contributed by atoms with Crippen LogP contribution in [0.4, 0.5) is 0 Å². The van der Waals surface area contributed by atoms with E-state index in [4.69, 9.17) is 14.2 Å². The monoisotopic (exact) mass is 701 g/mol. The maximum atomic E-state index is 6.73. The fourth-order valence-corrected chi connectivity index (χ4v) is 7.05. The molecule has 5 heteroatoms. The molecule has 0 radical (unpaired) electrons. The number of hydrogen-bond acceptors (Lipinski definition) is 3. The number of imidazole rings is 1. The summed E-state index contributed by atoms with van der Waals surface area (Å²) in [6.45, 7) is 24.3. The van der Waals surface area contributed by atoms with Crippen LogP contribution in [0.15, 0.2) is 91.4 Å². The molecule has 0 unspecified atom stereocenters. The van der Waals surface area contributed by atoms with Crippen molar-refractivity contribution < 1.29 is 18.8 Å². The molecule has 0 atom stereocenters. The molecular formula is C47H61N2O3+. The van der Waals surface area contributed by atoms with E-state index in [1.807, 2.05) is 18.2 Å². The molecular weight excluding hydrogens is 641 g/mol. The van der Waals surface area contributed by atoms with E-state index in [1.54, 1.807) is 0 Å². The lowest BCUT2D eigenvalue weighted by Crippen LogP contribution is -2.32. The van der Waals surface area contributed by atoms with Gasteiger partial charge < -0.3 is 14.2 Å². The molecule has 0 N–H and O–H groups in total. The van der Waals surface area contributed by atoms with E-state index >= 15 is 0 Å². The first-order chi connectivity index (χ1) is 25.0. The van der Waals surface area contributed by atoms with E-state index in [0.29, 0.717) is 43.5 Å². The molecule has 0 saturated heterocycles. The smallest absolute Gasteiger partial charge is 0.330 e. The van der Waals surface area contributed by atoms with Crippen LogP contribution in [0.5, 0.6) is 17.4 Å². The summed E-state index contributed by atoms with van der Waals surface area (Å²) in [5, 5.41) is 0. The summed E-state index contributed by atoms with van der Waals surface area (Å²) < 4.78 is 23.9. The number of para-hydroxylation sites is 2. The zero-order chi connectivity index (χ0) is 37.4. The lowest BCUT2D eigenvalue weighted by Gasteiger charge is -2.18. The lowest BCUT2D eigenvalue weighted by molar-refractivity contribution is -0.596. The normalized spacial score (nSPS) is 11.7. The van der Waals surface area contributed by atoms with Crippen LogP contribution in [0.25, 0.3) is 11.4 Å². The highest BCUT2D eigenvalue weighted by Crippen LogP contribution is 2.35. The second kappa shape index (κ2) is 17.8. The van der Waals surface area contributed by atoms with Gasteiger partial charge in [-0.2, -0.15) is 9.13 Å². The highest BCUT2D eigenvalue weighted by Gasteiger charge is 2.28. The lowest BCUT2D eigenvalue weighted by atomic mass is 9.92. The zero-order valence-corrected chi connectivity index (χ0v) is 33.3. The molecule has 0 bridgehead atoms. The predicted molar refractivity (Wildman–Crippen MR) is 215 cm³/mol. The van der Waals surface area contributed by atoms with Gasteiger partial charge >= 0.3 is 5.88 Å². The summed E-state index contributed by atoms with van der Waals surface area (Å²) in [5.74, 6) is 4.22. The van der Waals surface area contributed by atoms with E-state index in [9.17, 15) is 0 Å². The molecule has 52 heavy (non-hydrogen) atoms. The Labute approximate surface area is 313 Å². The van der Waals surface area contributed by atoms with Crippen molar-refractivity contribution >= 4 is 0 Å². The number of unbranched alkanes of at least 4 members (excludes halogenated alkanes) is 1. The van der Waals surface area contributed by atoms with Crippen molar-refractivity contribution in [2.75, 3.05) is 13.2 Å². The van der Waals surface area contributed by atoms with Crippen LogP contribution in [0, 0.1) is 6.92 Å². The second-order valence-corrected chi connectivity index (χ2v) is 15.3. The van der Waals surface area contributed by atoms with E-state index < -0.39 is 0 Å². The van der Waals surface area contributed by atoms with Crippen LogP contribution in [-0.2, 0) is 13.0 Å². The fraction of sp³-hybridized carbons (Fsp3) is 0.426. The minimum atomic E-state index is 0.365. The average molecular weight is 702 g/mol. The summed E-state index contributed by atoms with van der Waals surface area (Å²) in [6.07, 6.45) is 7.10. The largest absolute Gasteiger partial charge is 0.493 e. The second-order valence-electron chi connectivity index (χ2n) is 15.3. The molecule has 1 heterocycles. The van der Waals surface area contributed by atoms with Crippen molar-refractivity contribution in [3.63, 3.8) is 0 Å². The molecule has 0 fully saturated rings. The van der Waals surface area contributed by atoms with Crippen molar-refractivity contribution in [2.45, 2.75) is 119 Å². The maximum Gasteiger partial charge on any atom is 0.330 e. The zero-order valence-electron chi connectivity index (χ0n) is 33.3. The van der Waals surface area contributed by atoms with E-state index in [1.165, 1.54) is 39.2 Å². The molecule has 5 nitrogen and oxygen atoms in total. The fourth-order valence-electron chi connectivity index (χ4n) is 7.05. The van der Waals surface area contributed by atoms with Gasteiger partial charge in [-0.05, 0) is 78.7 Å². The molecule has 1 aromatic heterocycles. The molecule has 0 aliphatic rings. The number of aryl methyl sites for hydroxylation is 2. The van der Waals surface area contributed by atoms with Gasteiger partial charge in [-0.3, -0.25) is 0 Å². The Balaban J connectivity index is 1.36. The maximum absolute atomic E-state index is 6.73. The number of nitrogens with zero attached hydrogens (tertiary/aromatic N) is 2. The van der Waals surface area contributed by atoms with E-state index in [-0.39, 0.29) is 0 Å². The summed E-state index contributed by atoms with van der Waals surface area (Å²) in [7, 11) is 0. The van der Waals surface area contributed by atoms with Crippen LogP contribution in [0.1, 0.15) is 138 Å². The van der Waals surface area contributed by atoms with Crippen LogP contribution in [0.3, 0.4) is 0 Å². The Morgan fingerprint density at radius 1 is 0.635 bits per heavy atom. The molecule has 0 saturated carbocycles. The number of aromatic nitrogens is 2. The molecule has 5 rings (SSSR count). The van der Waals surface area contributed by atoms with Crippen molar-refractivity contribution in [1.29, 1.82) is 0 Å². The minimum absolute atomic E-state index is 0.365.